The summed E-state index contributed by atoms with van der Waals surface area (Å²) in [5, 5.41) is 13.7. The Labute approximate surface area is 74.5 Å². The van der Waals surface area contributed by atoms with Crippen molar-refractivity contribution in [3.63, 3.8) is 0 Å². The van der Waals surface area contributed by atoms with Crippen LogP contribution in [0.15, 0.2) is 12.3 Å². The van der Waals surface area contributed by atoms with Crippen LogP contribution in [-0.2, 0) is 0 Å². The number of fused-ring (bicyclic) bond motifs is 1. The lowest BCUT2D eigenvalue weighted by atomic mass is 10.1. The molecule has 0 bridgehead atoms. The maximum absolute atomic E-state index is 9.31. The molecule has 68 valence electrons. The maximum Gasteiger partial charge on any atom is 0.135 e. The standard InChI is InChI=1S/C8H10N4O/c1-4-2-6(9)5-3-11-12(13)8(5)7(4)10/h2-3,13H,9-10H2,1H3. The Kier molecular flexibility index (Phi) is 1.36. The van der Waals surface area contributed by atoms with Crippen LogP contribution < -0.4 is 11.5 Å². The lowest BCUT2D eigenvalue weighted by Gasteiger charge is -2.04. The molecule has 0 amide bonds. The Morgan fingerprint density at radius 1 is 1.46 bits per heavy atom. The number of anilines is 2. The average Bonchev–Trinajstić information content (AvgIpc) is 2.44. The Bertz CT molecular complexity index is 474. The van der Waals surface area contributed by atoms with Crippen molar-refractivity contribution in [1.29, 1.82) is 0 Å². The second kappa shape index (κ2) is 2.29. The van der Waals surface area contributed by atoms with Crippen molar-refractivity contribution in [3.8, 4) is 0 Å². The second-order valence-corrected chi connectivity index (χ2v) is 2.99. The number of nitrogen functional groups attached to an aromatic ring is 2. The molecule has 2 rings (SSSR count). The van der Waals surface area contributed by atoms with Crippen LogP contribution >= 0.6 is 0 Å². The fourth-order valence-electron chi connectivity index (χ4n) is 1.38. The number of aryl methyl sites for hydroxylation is 1. The molecule has 0 radical (unpaired) electrons. The van der Waals surface area contributed by atoms with E-state index in [4.69, 9.17) is 11.5 Å². The third kappa shape index (κ3) is 0.900. The van der Waals surface area contributed by atoms with Gasteiger partial charge in [0.25, 0.3) is 0 Å². The van der Waals surface area contributed by atoms with Gasteiger partial charge in [0.05, 0.1) is 11.9 Å². The van der Waals surface area contributed by atoms with E-state index in [-0.39, 0.29) is 0 Å². The van der Waals surface area contributed by atoms with Crippen molar-refractivity contribution in [2.45, 2.75) is 6.92 Å². The molecule has 0 fully saturated rings. The molecule has 0 saturated carbocycles. The predicted molar refractivity (Wildman–Crippen MR) is 50.5 cm³/mol. The first-order valence-electron chi connectivity index (χ1n) is 3.83. The summed E-state index contributed by atoms with van der Waals surface area (Å²) < 4.78 is 0. The number of hydrogen-bond donors (Lipinski definition) is 3. The zero-order valence-corrected chi connectivity index (χ0v) is 7.15. The minimum atomic E-state index is 0.470. The third-order valence-electron chi connectivity index (χ3n) is 2.11. The van der Waals surface area contributed by atoms with E-state index in [9.17, 15) is 5.21 Å². The van der Waals surface area contributed by atoms with Crippen molar-refractivity contribution >= 4 is 22.3 Å². The van der Waals surface area contributed by atoms with Crippen LogP contribution in [0.2, 0.25) is 0 Å². The van der Waals surface area contributed by atoms with Crippen LogP contribution in [0.3, 0.4) is 0 Å². The SMILES string of the molecule is Cc1cc(N)c2cnn(O)c2c1N. The molecule has 0 aliphatic carbocycles. The van der Waals surface area contributed by atoms with Crippen LogP contribution in [0.1, 0.15) is 5.56 Å². The van der Waals surface area contributed by atoms with Crippen molar-refractivity contribution in [1.82, 2.24) is 9.94 Å². The second-order valence-electron chi connectivity index (χ2n) is 2.99. The number of rotatable bonds is 0. The lowest BCUT2D eigenvalue weighted by Crippen LogP contribution is -1.99. The van der Waals surface area contributed by atoms with Crippen LogP contribution in [0.25, 0.3) is 10.9 Å². The molecule has 0 atom stereocenters. The van der Waals surface area contributed by atoms with E-state index in [0.717, 1.165) is 10.4 Å². The molecule has 0 unspecified atom stereocenters. The van der Waals surface area contributed by atoms with Crippen molar-refractivity contribution in [2.75, 3.05) is 11.5 Å². The molecule has 0 aliphatic heterocycles. The minimum Gasteiger partial charge on any atom is -0.411 e. The highest BCUT2D eigenvalue weighted by atomic mass is 16.5. The summed E-state index contributed by atoms with van der Waals surface area (Å²) in [5.41, 5.74) is 13.9. The molecule has 0 saturated heterocycles. The molecule has 2 aromatic rings. The van der Waals surface area contributed by atoms with E-state index in [2.05, 4.69) is 5.10 Å². The van der Waals surface area contributed by atoms with Gasteiger partial charge in [-0.1, -0.05) is 4.85 Å². The minimum absolute atomic E-state index is 0.470. The number of nitrogens with zero attached hydrogens (tertiary/aromatic N) is 2. The normalized spacial score (nSPS) is 10.8. The van der Waals surface area contributed by atoms with Crippen LogP contribution in [0.4, 0.5) is 11.4 Å². The van der Waals surface area contributed by atoms with Gasteiger partial charge in [0.1, 0.15) is 5.52 Å². The van der Waals surface area contributed by atoms with Crippen molar-refractivity contribution in [2.24, 2.45) is 0 Å². The third-order valence-corrected chi connectivity index (χ3v) is 2.11. The van der Waals surface area contributed by atoms with E-state index in [1.165, 1.54) is 6.20 Å². The molecular weight excluding hydrogens is 168 g/mol. The smallest absolute Gasteiger partial charge is 0.135 e. The summed E-state index contributed by atoms with van der Waals surface area (Å²) in [4.78, 5) is 0.744. The summed E-state index contributed by atoms with van der Waals surface area (Å²) in [7, 11) is 0. The molecule has 5 N–H and O–H groups in total. The molecule has 0 spiro atoms. The molecule has 13 heavy (non-hydrogen) atoms. The van der Waals surface area contributed by atoms with Crippen molar-refractivity contribution < 1.29 is 5.21 Å². The van der Waals surface area contributed by atoms with Crippen LogP contribution in [0.5, 0.6) is 0 Å². The van der Waals surface area contributed by atoms with Crippen molar-refractivity contribution in [3.05, 3.63) is 17.8 Å². The van der Waals surface area contributed by atoms with E-state index < -0.39 is 0 Å². The average molecular weight is 178 g/mol. The molecule has 1 heterocycles. The highest BCUT2D eigenvalue weighted by Gasteiger charge is 2.10. The Balaban J connectivity index is 3.00. The Morgan fingerprint density at radius 3 is 2.85 bits per heavy atom. The summed E-state index contributed by atoms with van der Waals surface area (Å²) >= 11 is 0. The van der Waals surface area contributed by atoms with Crippen LogP contribution in [-0.4, -0.2) is 15.2 Å². The first kappa shape index (κ1) is 7.72. The summed E-state index contributed by atoms with van der Waals surface area (Å²) in [6.07, 6.45) is 1.49. The number of benzene rings is 1. The fourth-order valence-corrected chi connectivity index (χ4v) is 1.38. The van der Waals surface area contributed by atoms with E-state index in [1.54, 1.807) is 6.07 Å². The Morgan fingerprint density at radius 2 is 2.15 bits per heavy atom. The first-order chi connectivity index (χ1) is 6.11. The zero-order valence-electron chi connectivity index (χ0n) is 7.15. The monoisotopic (exact) mass is 178 g/mol. The molecule has 0 aliphatic rings. The van der Waals surface area contributed by atoms with E-state index >= 15 is 0 Å². The predicted octanol–water partition coefficient (Wildman–Crippen LogP) is 0.746. The van der Waals surface area contributed by atoms with Crippen LogP contribution in [0, 0.1) is 6.92 Å². The number of hydrogen-bond acceptors (Lipinski definition) is 4. The highest BCUT2D eigenvalue weighted by molar-refractivity contribution is 5.99. The number of nitrogens with two attached hydrogens (primary N) is 2. The first-order valence-corrected chi connectivity index (χ1v) is 3.83. The molecule has 5 nitrogen and oxygen atoms in total. The van der Waals surface area contributed by atoms with Gasteiger partial charge in [-0.25, -0.2) is 0 Å². The van der Waals surface area contributed by atoms with Gasteiger partial charge in [-0.3, -0.25) is 0 Å². The quantitative estimate of drug-likeness (QED) is 0.410. The van der Waals surface area contributed by atoms with Gasteiger partial charge in [0.15, 0.2) is 0 Å². The topological polar surface area (TPSA) is 90.1 Å². The molecule has 1 aromatic carbocycles. The largest absolute Gasteiger partial charge is 0.411 e. The van der Waals surface area contributed by atoms with Gasteiger partial charge in [0, 0.05) is 11.1 Å². The molecule has 5 heteroatoms. The fraction of sp³-hybridized carbons (Fsp3) is 0.125. The van der Waals surface area contributed by atoms with E-state index in [0.29, 0.717) is 22.3 Å². The summed E-state index contributed by atoms with van der Waals surface area (Å²) in [6, 6.07) is 1.76. The zero-order chi connectivity index (χ0) is 9.59. The molecular formula is C8H10N4O. The lowest BCUT2D eigenvalue weighted by molar-refractivity contribution is 0.161. The van der Waals surface area contributed by atoms with Gasteiger partial charge in [-0.2, -0.15) is 0 Å². The molecule has 1 aromatic heterocycles. The Hall–Kier alpha value is -1.91. The van der Waals surface area contributed by atoms with E-state index in [1.807, 2.05) is 6.92 Å². The summed E-state index contributed by atoms with van der Waals surface area (Å²) in [5.74, 6) is 0. The maximum atomic E-state index is 9.31. The van der Waals surface area contributed by atoms with Gasteiger partial charge < -0.3 is 16.7 Å². The summed E-state index contributed by atoms with van der Waals surface area (Å²) in [6.45, 7) is 1.83. The van der Waals surface area contributed by atoms with Gasteiger partial charge in [-0.15, -0.1) is 5.10 Å². The van der Waals surface area contributed by atoms with Gasteiger partial charge in [0.2, 0.25) is 0 Å². The van der Waals surface area contributed by atoms with Gasteiger partial charge >= 0.3 is 0 Å². The van der Waals surface area contributed by atoms with Gasteiger partial charge in [-0.05, 0) is 18.6 Å². The number of aromatic nitrogens is 2. The highest BCUT2D eigenvalue weighted by Crippen LogP contribution is 2.28.